The first kappa shape index (κ1) is 13.2. The molecule has 0 aliphatic rings. The van der Waals surface area contributed by atoms with E-state index in [0.717, 1.165) is 16.5 Å². The largest absolute Gasteiger partial charge is 0.326 e. The molecule has 0 fully saturated rings. The molecule has 0 spiro atoms. The lowest BCUT2D eigenvalue weighted by molar-refractivity contribution is 0.103. The molecule has 0 atom stereocenters. The van der Waals surface area contributed by atoms with E-state index in [9.17, 15) is 4.79 Å². The van der Waals surface area contributed by atoms with Gasteiger partial charge in [0, 0.05) is 16.5 Å². The fourth-order valence-electron chi connectivity index (χ4n) is 2.51. The van der Waals surface area contributed by atoms with Crippen LogP contribution in [0.15, 0.2) is 54.6 Å². The lowest BCUT2D eigenvalue weighted by Gasteiger charge is -2.07. The van der Waals surface area contributed by atoms with E-state index in [-0.39, 0.29) is 5.78 Å². The van der Waals surface area contributed by atoms with Gasteiger partial charge in [-0.25, -0.2) is 0 Å². The summed E-state index contributed by atoms with van der Waals surface area (Å²) in [7, 11) is 0. The summed E-state index contributed by atoms with van der Waals surface area (Å²) >= 11 is 0. The van der Waals surface area contributed by atoms with Crippen molar-refractivity contribution < 1.29 is 4.79 Å². The highest BCUT2D eigenvalue weighted by molar-refractivity contribution is 6.10. The molecule has 0 aliphatic heterocycles. The average Bonchev–Trinajstić information content (AvgIpc) is 2.87. The maximum absolute atomic E-state index is 12.7. The van der Waals surface area contributed by atoms with Gasteiger partial charge in [0.1, 0.15) is 0 Å². The predicted octanol–water partition coefficient (Wildman–Crippen LogP) is 3.81. The molecule has 0 saturated heterocycles. The number of aryl methyl sites for hydroxylation is 1. The van der Waals surface area contributed by atoms with Crippen LogP contribution in [0, 0.1) is 19.3 Å². The Bertz CT molecular complexity index is 847. The molecule has 3 aromatic rings. The first-order chi connectivity index (χ1) is 10.2. The number of carbonyl (C=O) groups is 1. The summed E-state index contributed by atoms with van der Waals surface area (Å²) < 4.78 is 1.90. The maximum atomic E-state index is 12.7. The second-order valence-electron chi connectivity index (χ2n) is 5.07. The molecule has 1 aromatic heterocycles. The Hall–Kier alpha value is -2.79. The zero-order chi connectivity index (χ0) is 14.8. The van der Waals surface area contributed by atoms with Crippen molar-refractivity contribution in [1.29, 1.82) is 0 Å². The summed E-state index contributed by atoms with van der Waals surface area (Å²) in [5, 5.41) is 1.03. The van der Waals surface area contributed by atoms with E-state index in [1.54, 1.807) is 0 Å². The van der Waals surface area contributed by atoms with Gasteiger partial charge in [-0.05, 0) is 19.1 Å². The SMILES string of the molecule is C#CCn1c(C(=O)c2ccc(C)cc2)cc2ccccc21. The van der Waals surface area contributed by atoms with Crippen molar-refractivity contribution in [3.05, 3.63) is 71.4 Å². The van der Waals surface area contributed by atoms with E-state index in [0.29, 0.717) is 17.8 Å². The number of aromatic nitrogens is 1. The summed E-state index contributed by atoms with van der Waals surface area (Å²) in [5.74, 6) is 2.63. The lowest BCUT2D eigenvalue weighted by Crippen LogP contribution is -2.09. The van der Waals surface area contributed by atoms with Crippen LogP contribution in [0.3, 0.4) is 0 Å². The molecule has 0 aliphatic carbocycles. The molecule has 0 saturated carbocycles. The Morgan fingerprint density at radius 2 is 1.86 bits per heavy atom. The maximum Gasteiger partial charge on any atom is 0.209 e. The molecule has 3 rings (SSSR count). The molecule has 21 heavy (non-hydrogen) atoms. The van der Waals surface area contributed by atoms with E-state index in [1.807, 2.05) is 66.1 Å². The zero-order valence-electron chi connectivity index (χ0n) is 11.8. The van der Waals surface area contributed by atoms with Crippen LogP contribution in [0.2, 0.25) is 0 Å². The third kappa shape index (κ3) is 2.34. The molecule has 2 nitrogen and oxygen atoms in total. The molecular formula is C19H15NO. The van der Waals surface area contributed by atoms with Gasteiger partial charge in [-0.1, -0.05) is 53.9 Å². The van der Waals surface area contributed by atoms with E-state index >= 15 is 0 Å². The van der Waals surface area contributed by atoms with Gasteiger partial charge in [0.05, 0.1) is 12.2 Å². The molecular weight excluding hydrogens is 258 g/mol. The molecule has 0 unspecified atom stereocenters. The molecule has 102 valence electrons. The lowest BCUT2D eigenvalue weighted by atomic mass is 10.1. The molecule has 0 amide bonds. The number of ketones is 1. The van der Waals surface area contributed by atoms with Gasteiger partial charge < -0.3 is 4.57 Å². The highest BCUT2D eigenvalue weighted by Gasteiger charge is 2.16. The Kier molecular flexibility index (Phi) is 3.33. The van der Waals surface area contributed by atoms with Gasteiger partial charge in [-0.2, -0.15) is 0 Å². The number of hydrogen-bond donors (Lipinski definition) is 0. The molecule has 0 N–H and O–H groups in total. The monoisotopic (exact) mass is 273 g/mol. The minimum atomic E-state index is 0.00134. The molecule has 0 bridgehead atoms. The van der Waals surface area contributed by atoms with Crippen molar-refractivity contribution in [2.45, 2.75) is 13.5 Å². The van der Waals surface area contributed by atoms with E-state index in [2.05, 4.69) is 5.92 Å². The van der Waals surface area contributed by atoms with E-state index in [4.69, 9.17) is 6.42 Å². The van der Waals surface area contributed by atoms with Gasteiger partial charge >= 0.3 is 0 Å². The Labute approximate surface area is 124 Å². The highest BCUT2D eigenvalue weighted by Crippen LogP contribution is 2.22. The summed E-state index contributed by atoms with van der Waals surface area (Å²) in [4.78, 5) is 12.7. The van der Waals surface area contributed by atoms with Gasteiger partial charge in [0.25, 0.3) is 0 Å². The first-order valence-corrected chi connectivity index (χ1v) is 6.84. The Morgan fingerprint density at radius 3 is 2.57 bits per heavy atom. The molecule has 2 heteroatoms. The third-order valence-corrected chi connectivity index (χ3v) is 3.61. The zero-order valence-corrected chi connectivity index (χ0v) is 11.8. The Morgan fingerprint density at radius 1 is 1.14 bits per heavy atom. The molecule has 2 aromatic carbocycles. The van der Waals surface area contributed by atoms with Crippen LogP contribution in [0.4, 0.5) is 0 Å². The summed E-state index contributed by atoms with van der Waals surface area (Å²) in [5.41, 5.74) is 3.45. The van der Waals surface area contributed by atoms with Crippen LogP contribution >= 0.6 is 0 Å². The number of para-hydroxylation sites is 1. The average molecular weight is 273 g/mol. The van der Waals surface area contributed by atoms with Gasteiger partial charge in [0.2, 0.25) is 5.78 Å². The number of hydrogen-bond acceptors (Lipinski definition) is 1. The van der Waals surface area contributed by atoms with Crippen molar-refractivity contribution in [1.82, 2.24) is 4.57 Å². The van der Waals surface area contributed by atoms with Crippen LogP contribution in [-0.4, -0.2) is 10.4 Å². The fraction of sp³-hybridized carbons (Fsp3) is 0.105. The quantitative estimate of drug-likeness (QED) is 0.525. The van der Waals surface area contributed by atoms with Crippen LogP contribution in [0.1, 0.15) is 21.6 Å². The van der Waals surface area contributed by atoms with Crippen LogP contribution in [0.5, 0.6) is 0 Å². The van der Waals surface area contributed by atoms with Crippen molar-refractivity contribution in [2.24, 2.45) is 0 Å². The summed E-state index contributed by atoms with van der Waals surface area (Å²) in [6.45, 7) is 2.39. The van der Waals surface area contributed by atoms with Crippen molar-refractivity contribution in [3.8, 4) is 12.3 Å². The van der Waals surface area contributed by atoms with Gasteiger partial charge in [0.15, 0.2) is 0 Å². The van der Waals surface area contributed by atoms with Crippen molar-refractivity contribution >= 4 is 16.7 Å². The Balaban J connectivity index is 2.15. The minimum absolute atomic E-state index is 0.00134. The topological polar surface area (TPSA) is 22.0 Å². The van der Waals surface area contributed by atoms with E-state index < -0.39 is 0 Å². The second kappa shape index (κ2) is 5.30. The number of rotatable bonds is 3. The number of benzene rings is 2. The normalized spacial score (nSPS) is 10.5. The first-order valence-electron chi connectivity index (χ1n) is 6.84. The van der Waals surface area contributed by atoms with Gasteiger partial charge in [-0.3, -0.25) is 4.79 Å². The standard InChI is InChI=1S/C19H15NO/c1-3-12-20-17-7-5-4-6-16(17)13-18(20)19(21)15-10-8-14(2)9-11-15/h1,4-11,13H,12H2,2H3. The van der Waals surface area contributed by atoms with Crippen molar-refractivity contribution in [3.63, 3.8) is 0 Å². The van der Waals surface area contributed by atoms with Crippen LogP contribution in [-0.2, 0) is 6.54 Å². The second-order valence-corrected chi connectivity index (χ2v) is 5.07. The fourth-order valence-corrected chi connectivity index (χ4v) is 2.51. The smallest absolute Gasteiger partial charge is 0.209 e. The van der Waals surface area contributed by atoms with Crippen LogP contribution < -0.4 is 0 Å². The van der Waals surface area contributed by atoms with Gasteiger partial charge in [-0.15, -0.1) is 6.42 Å². The number of terminal acetylenes is 1. The predicted molar refractivity (Wildman–Crippen MR) is 85.4 cm³/mol. The summed E-state index contributed by atoms with van der Waals surface area (Å²) in [6, 6.07) is 17.4. The highest BCUT2D eigenvalue weighted by atomic mass is 16.1. The third-order valence-electron chi connectivity index (χ3n) is 3.61. The number of nitrogens with zero attached hydrogens (tertiary/aromatic N) is 1. The summed E-state index contributed by atoms with van der Waals surface area (Å²) in [6.07, 6.45) is 5.46. The van der Waals surface area contributed by atoms with E-state index in [1.165, 1.54) is 0 Å². The minimum Gasteiger partial charge on any atom is -0.326 e. The molecule has 1 heterocycles. The van der Waals surface area contributed by atoms with Crippen molar-refractivity contribution in [2.75, 3.05) is 0 Å². The van der Waals surface area contributed by atoms with Crippen LogP contribution in [0.25, 0.3) is 10.9 Å². The molecule has 0 radical (unpaired) electrons. The number of carbonyl (C=O) groups excluding carboxylic acids is 1. The number of fused-ring (bicyclic) bond motifs is 1.